The fourth-order valence-electron chi connectivity index (χ4n) is 10.2. The van der Waals surface area contributed by atoms with E-state index in [2.05, 4.69) is 179 Å². The van der Waals surface area contributed by atoms with E-state index >= 15 is 0 Å². The van der Waals surface area contributed by atoms with Crippen LogP contribution in [0.15, 0.2) is 186 Å². The zero-order chi connectivity index (χ0) is 45.4. The molecule has 5 nitrogen and oxygen atoms in total. The quantitative estimate of drug-likeness (QED) is 0.156. The fraction of sp³-hybridized carbons (Fsp3) is 0.129. The molecule has 320 valence electrons. The topological polar surface area (TPSA) is 75.6 Å². The molecule has 0 aliphatic heterocycles. The highest BCUT2D eigenvalue weighted by Gasteiger charge is 2.37. The van der Waals surface area contributed by atoms with Crippen molar-refractivity contribution >= 4 is 43.5 Å². The maximum Gasteiger partial charge on any atom is 0.164 e. The van der Waals surface area contributed by atoms with Gasteiger partial charge in [0, 0.05) is 33.0 Å². The van der Waals surface area contributed by atoms with Crippen molar-refractivity contribution in [1.82, 2.24) is 15.0 Å². The monoisotopic (exact) mass is 862 g/mol. The number of nitriles is 1. The molecule has 2 aromatic heterocycles. The van der Waals surface area contributed by atoms with Crippen LogP contribution in [-0.4, -0.2) is 15.0 Å². The molecule has 67 heavy (non-hydrogen) atoms. The molecule has 12 rings (SSSR count). The molecule has 0 fully saturated rings. The molecule has 9 aromatic carbocycles. The Balaban J connectivity index is 1.01. The van der Waals surface area contributed by atoms with Crippen molar-refractivity contribution in [2.45, 2.75) is 51.4 Å². The minimum absolute atomic E-state index is 0.126. The van der Waals surface area contributed by atoms with Crippen molar-refractivity contribution in [3.8, 4) is 73.6 Å². The summed E-state index contributed by atoms with van der Waals surface area (Å²) >= 11 is 0. The molecule has 0 unspecified atom stereocenters. The summed E-state index contributed by atoms with van der Waals surface area (Å²) in [6.45, 7) is 9.53. The fourth-order valence-corrected chi connectivity index (χ4v) is 10.2. The number of rotatable bonds is 6. The van der Waals surface area contributed by atoms with Gasteiger partial charge < -0.3 is 4.42 Å². The second-order valence-corrected chi connectivity index (χ2v) is 19.4. The Hall–Kier alpha value is -8.20. The minimum atomic E-state index is 0.126. The molecule has 0 N–H and O–H groups in total. The molecule has 1 aliphatic rings. The molecule has 5 heteroatoms. The van der Waals surface area contributed by atoms with Crippen molar-refractivity contribution in [3.05, 3.63) is 199 Å². The Morgan fingerprint density at radius 2 is 0.925 bits per heavy atom. The van der Waals surface area contributed by atoms with Crippen LogP contribution < -0.4 is 0 Å². The van der Waals surface area contributed by atoms with Crippen molar-refractivity contribution < 1.29 is 4.42 Å². The van der Waals surface area contributed by atoms with Crippen LogP contribution in [0.1, 0.15) is 57.2 Å². The summed E-state index contributed by atoms with van der Waals surface area (Å²) in [5.74, 6) is 1.73. The number of hydrogen-bond acceptors (Lipinski definition) is 5. The molecule has 0 saturated heterocycles. The second-order valence-electron chi connectivity index (χ2n) is 19.4. The van der Waals surface area contributed by atoms with E-state index in [4.69, 9.17) is 19.4 Å². The van der Waals surface area contributed by atoms with Gasteiger partial charge in [0.25, 0.3) is 0 Å². The Bertz CT molecular complexity index is 3800. The summed E-state index contributed by atoms with van der Waals surface area (Å²) < 4.78 is 6.70. The lowest BCUT2D eigenvalue weighted by Crippen LogP contribution is -2.33. The average Bonchev–Trinajstić information content (AvgIpc) is 3.76. The van der Waals surface area contributed by atoms with Gasteiger partial charge in [-0.1, -0.05) is 173 Å². The lowest BCUT2D eigenvalue weighted by atomic mass is 9.63. The molecule has 0 saturated carbocycles. The van der Waals surface area contributed by atoms with Gasteiger partial charge in [-0.3, -0.25) is 0 Å². The molecule has 0 spiro atoms. The number of nitrogens with zero attached hydrogens (tertiary/aromatic N) is 4. The molecule has 11 aromatic rings. The van der Waals surface area contributed by atoms with Gasteiger partial charge in [-0.05, 0) is 121 Å². The van der Waals surface area contributed by atoms with Gasteiger partial charge in [0.05, 0.1) is 11.6 Å². The zero-order valence-corrected chi connectivity index (χ0v) is 37.9. The predicted octanol–water partition coefficient (Wildman–Crippen LogP) is 16.3. The first-order valence-electron chi connectivity index (χ1n) is 23.1. The number of fused-ring (bicyclic) bond motifs is 7. The smallest absolute Gasteiger partial charge is 0.164 e. The summed E-state index contributed by atoms with van der Waals surface area (Å²) in [6, 6.07) is 66.0. The summed E-state index contributed by atoms with van der Waals surface area (Å²) in [7, 11) is 0. The summed E-state index contributed by atoms with van der Waals surface area (Å²) in [6.07, 6.45) is 2.37. The maximum atomic E-state index is 9.36. The number of furan rings is 1. The Morgan fingerprint density at radius 3 is 1.64 bits per heavy atom. The zero-order valence-electron chi connectivity index (χ0n) is 37.9. The van der Waals surface area contributed by atoms with E-state index in [1.54, 1.807) is 0 Å². The SMILES string of the molecule is CC1(C)CCC(C)(C)c2cc(-c3ccc(-c4cc(-c5nc(-c6ccc(-c7ccc(C#N)cc7)cc6)nc(-c6ccc7ccc8ccccc8c7c6)n5)cc5c4oc4ccccc45)cc3)ccc21. The van der Waals surface area contributed by atoms with Gasteiger partial charge in [-0.15, -0.1) is 0 Å². The highest BCUT2D eigenvalue weighted by molar-refractivity contribution is 6.11. The lowest BCUT2D eigenvalue weighted by molar-refractivity contribution is 0.332. The van der Waals surface area contributed by atoms with Gasteiger partial charge in [-0.25, -0.2) is 15.0 Å². The van der Waals surface area contributed by atoms with Gasteiger partial charge >= 0.3 is 0 Å². The number of para-hydroxylation sites is 1. The van der Waals surface area contributed by atoms with Gasteiger partial charge in [0.1, 0.15) is 11.2 Å². The van der Waals surface area contributed by atoms with Crippen LogP contribution in [0.25, 0.3) is 111 Å². The van der Waals surface area contributed by atoms with Gasteiger partial charge in [-0.2, -0.15) is 5.26 Å². The van der Waals surface area contributed by atoms with Gasteiger partial charge in [0.2, 0.25) is 0 Å². The van der Waals surface area contributed by atoms with Gasteiger partial charge in [0.15, 0.2) is 17.5 Å². The maximum absolute atomic E-state index is 9.36. The summed E-state index contributed by atoms with van der Waals surface area (Å²) in [5.41, 5.74) is 14.6. The van der Waals surface area contributed by atoms with Crippen LogP contribution in [0, 0.1) is 11.3 Å². The van der Waals surface area contributed by atoms with Crippen molar-refractivity contribution in [1.29, 1.82) is 5.26 Å². The van der Waals surface area contributed by atoms with Crippen LogP contribution in [0.3, 0.4) is 0 Å². The standard InChI is InChI=1S/C62H46N4O/c1-61(2)31-32-62(3,4)55-36-46(29-30-54(55)61)41-17-21-44(22-18-41)52-34-48(35-53-50-11-7-8-12-56(50)67-57(52)53)60-65-58(45-26-19-40(20-27-45)39-15-13-38(37-63)14-16-39)64-59(66-60)47-28-25-43-24-23-42-9-5-6-10-49(42)51(43)33-47/h5-30,33-36H,31-32H2,1-4H3. The number of benzene rings is 9. The molecule has 0 bridgehead atoms. The predicted molar refractivity (Wildman–Crippen MR) is 275 cm³/mol. The van der Waals surface area contributed by atoms with Crippen molar-refractivity contribution in [3.63, 3.8) is 0 Å². The van der Waals surface area contributed by atoms with E-state index in [9.17, 15) is 5.26 Å². The largest absolute Gasteiger partial charge is 0.455 e. The van der Waals surface area contributed by atoms with E-state index < -0.39 is 0 Å². The molecular weight excluding hydrogens is 817 g/mol. The average molecular weight is 863 g/mol. The third-order valence-electron chi connectivity index (χ3n) is 14.2. The second kappa shape index (κ2) is 15.5. The van der Waals surface area contributed by atoms with E-state index in [0.717, 1.165) is 71.7 Å². The Morgan fingerprint density at radius 1 is 0.418 bits per heavy atom. The first-order chi connectivity index (χ1) is 32.6. The van der Waals surface area contributed by atoms with E-state index in [1.165, 1.54) is 45.9 Å². The minimum Gasteiger partial charge on any atom is -0.455 e. The highest BCUT2D eigenvalue weighted by atomic mass is 16.3. The van der Waals surface area contributed by atoms with E-state index in [-0.39, 0.29) is 10.8 Å². The van der Waals surface area contributed by atoms with Crippen molar-refractivity contribution in [2.75, 3.05) is 0 Å². The number of hydrogen-bond donors (Lipinski definition) is 0. The lowest BCUT2D eigenvalue weighted by Gasteiger charge is -2.42. The molecule has 2 heterocycles. The highest BCUT2D eigenvalue weighted by Crippen LogP contribution is 2.47. The van der Waals surface area contributed by atoms with Crippen LogP contribution in [0.5, 0.6) is 0 Å². The molecule has 1 aliphatic carbocycles. The van der Waals surface area contributed by atoms with Crippen molar-refractivity contribution in [2.24, 2.45) is 0 Å². The number of aromatic nitrogens is 3. The van der Waals surface area contributed by atoms with Crippen LogP contribution in [-0.2, 0) is 10.8 Å². The summed E-state index contributed by atoms with van der Waals surface area (Å²) in [4.78, 5) is 15.8. The van der Waals surface area contributed by atoms with Crippen LogP contribution >= 0.6 is 0 Å². The Kier molecular flexibility index (Phi) is 9.31. The third-order valence-corrected chi connectivity index (χ3v) is 14.2. The van der Waals surface area contributed by atoms with E-state index in [0.29, 0.717) is 23.0 Å². The molecule has 0 atom stereocenters. The molecular formula is C62H46N4O. The molecule has 0 radical (unpaired) electrons. The Labute approximate surface area is 390 Å². The first-order valence-corrected chi connectivity index (χ1v) is 23.1. The molecule has 0 amide bonds. The van der Waals surface area contributed by atoms with Crippen LogP contribution in [0.2, 0.25) is 0 Å². The third kappa shape index (κ3) is 7.05. The van der Waals surface area contributed by atoms with Crippen LogP contribution in [0.4, 0.5) is 0 Å². The summed E-state index contributed by atoms with van der Waals surface area (Å²) in [5, 5.41) is 16.1. The normalized spacial score (nSPS) is 14.1. The first kappa shape index (κ1) is 40.3. The van der Waals surface area contributed by atoms with E-state index in [1.807, 2.05) is 36.4 Å².